The fraction of sp³-hybridized carbons (Fsp3) is 0.571. The molecule has 0 bridgehead atoms. The van der Waals surface area contributed by atoms with Crippen LogP contribution in [-0.2, 0) is 27.7 Å². The van der Waals surface area contributed by atoms with Gasteiger partial charge in [-0.3, -0.25) is 0 Å². The molecule has 0 aromatic heterocycles. The number of rotatable bonds is 7. The van der Waals surface area contributed by atoms with Crippen molar-refractivity contribution in [2.75, 3.05) is 13.7 Å². The zero-order valence-corrected chi connectivity index (χ0v) is 13.4. The van der Waals surface area contributed by atoms with Crippen molar-refractivity contribution in [2.45, 2.75) is 44.2 Å². The van der Waals surface area contributed by atoms with Gasteiger partial charge in [-0.05, 0) is 37.5 Å². The Bertz CT molecular complexity index is 554. The highest BCUT2D eigenvalue weighted by atomic mass is 32.2. The van der Waals surface area contributed by atoms with Crippen molar-refractivity contribution >= 4 is 10.0 Å². The van der Waals surface area contributed by atoms with Crippen LogP contribution in [-0.4, -0.2) is 27.7 Å². The lowest BCUT2D eigenvalue weighted by Crippen LogP contribution is -2.40. The van der Waals surface area contributed by atoms with E-state index in [0.29, 0.717) is 17.9 Å². The predicted octanol–water partition coefficient (Wildman–Crippen LogP) is 1.41. The summed E-state index contributed by atoms with van der Waals surface area (Å²) in [6.45, 7) is 6.10. The average Bonchev–Trinajstić information content (AvgIpc) is 2.44. The van der Waals surface area contributed by atoms with Gasteiger partial charge in [0, 0.05) is 20.2 Å². The molecule has 0 aliphatic rings. The van der Waals surface area contributed by atoms with Gasteiger partial charge in [-0.25, -0.2) is 13.1 Å². The summed E-state index contributed by atoms with van der Waals surface area (Å²) in [4.78, 5) is 0.301. The molecule has 114 valence electrons. The minimum atomic E-state index is -3.56. The molecule has 1 aromatic rings. The highest BCUT2D eigenvalue weighted by Crippen LogP contribution is 2.19. The van der Waals surface area contributed by atoms with Crippen LogP contribution in [0.2, 0.25) is 0 Å². The summed E-state index contributed by atoms with van der Waals surface area (Å²) < 4.78 is 32.7. The molecular weight excluding hydrogens is 276 g/mol. The number of aryl methyl sites for hydroxylation is 1. The van der Waals surface area contributed by atoms with Gasteiger partial charge < -0.3 is 10.5 Å². The summed E-state index contributed by atoms with van der Waals surface area (Å²) in [5.74, 6) is 0. The number of methoxy groups -OCH3 is 1. The van der Waals surface area contributed by atoms with Crippen molar-refractivity contribution in [1.29, 1.82) is 0 Å². The van der Waals surface area contributed by atoms with E-state index in [1.54, 1.807) is 13.2 Å². The lowest BCUT2D eigenvalue weighted by molar-refractivity contribution is 0.0276. The molecule has 1 rings (SSSR count). The number of ether oxygens (including phenoxy) is 1. The summed E-state index contributed by atoms with van der Waals surface area (Å²) in [6.07, 6.45) is 0.648. The van der Waals surface area contributed by atoms with E-state index in [1.807, 2.05) is 32.9 Å². The topological polar surface area (TPSA) is 81.4 Å². The Morgan fingerprint density at radius 3 is 2.50 bits per heavy atom. The summed E-state index contributed by atoms with van der Waals surface area (Å²) in [5, 5.41) is 0. The predicted molar refractivity (Wildman–Crippen MR) is 80.0 cm³/mol. The van der Waals surface area contributed by atoms with Gasteiger partial charge in [0.1, 0.15) is 0 Å². The van der Waals surface area contributed by atoms with Crippen LogP contribution in [0.1, 0.15) is 31.9 Å². The molecule has 0 saturated carbocycles. The standard InChI is InChI=1S/C14H24N2O3S/c1-5-12-7-6-11(9-15)8-13(12)20(17,18)16-10-14(2,3)19-4/h6-8,16H,5,9-10,15H2,1-4H3. The molecule has 0 unspecified atom stereocenters. The zero-order chi connectivity index (χ0) is 15.4. The SMILES string of the molecule is CCc1ccc(CN)cc1S(=O)(=O)NCC(C)(C)OC. The molecule has 20 heavy (non-hydrogen) atoms. The maximum atomic E-state index is 12.4. The fourth-order valence-electron chi connectivity index (χ4n) is 1.69. The second kappa shape index (κ2) is 6.67. The van der Waals surface area contributed by atoms with Gasteiger partial charge in [0.05, 0.1) is 10.5 Å². The third-order valence-corrected chi connectivity index (χ3v) is 4.76. The molecule has 0 aliphatic carbocycles. The number of nitrogens with one attached hydrogen (secondary N) is 1. The minimum absolute atomic E-state index is 0.210. The lowest BCUT2D eigenvalue weighted by Gasteiger charge is -2.23. The molecule has 0 heterocycles. The van der Waals surface area contributed by atoms with Crippen molar-refractivity contribution in [3.05, 3.63) is 29.3 Å². The van der Waals surface area contributed by atoms with Gasteiger partial charge in [0.2, 0.25) is 10.0 Å². The van der Waals surface area contributed by atoms with Crippen LogP contribution in [0.25, 0.3) is 0 Å². The van der Waals surface area contributed by atoms with E-state index in [-0.39, 0.29) is 6.54 Å². The van der Waals surface area contributed by atoms with Crippen molar-refractivity contribution in [2.24, 2.45) is 5.73 Å². The van der Waals surface area contributed by atoms with Crippen molar-refractivity contribution in [3.8, 4) is 0 Å². The lowest BCUT2D eigenvalue weighted by atomic mass is 10.1. The Kier molecular flexibility index (Phi) is 5.70. The minimum Gasteiger partial charge on any atom is -0.377 e. The van der Waals surface area contributed by atoms with Gasteiger partial charge in [0.25, 0.3) is 0 Å². The van der Waals surface area contributed by atoms with Crippen LogP contribution >= 0.6 is 0 Å². The second-order valence-corrected chi connectivity index (χ2v) is 7.02. The van der Waals surface area contributed by atoms with E-state index in [4.69, 9.17) is 10.5 Å². The molecule has 0 spiro atoms. The van der Waals surface area contributed by atoms with Crippen LogP contribution in [0.4, 0.5) is 0 Å². The Morgan fingerprint density at radius 2 is 2.00 bits per heavy atom. The molecule has 5 nitrogen and oxygen atoms in total. The van der Waals surface area contributed by atoms with Gasteiger partial charge >= 0.3 is 0 Å². The largest absolute Gasteiger partial charge is 0.377 e. The molecule has 0 radical (unpaired) electrons. The first-order valence-electron chi connectivity index (χ1n) is 6.62. The van der Waals surface area contributed by atoms with Crippen LogP contribution in [0.15, 0.2) is 23.1 Å². The van der Waals surface area contributed by atoms with Gasteiger partial charge in [-0.1, -0.05) is 19.1 Å². The first-order valence-corrected chi connectivity index (χ1v) is 8.10. The molecule has 0 atom stereocenters. The summed E-state index contributed by atoms with van der Waals surface area (Å²) in [5.41, 5.74) is 6.61. The van der Waals surface area contributed by atoms with E-state index < -0.39 is 15.6 Å². The van der Waals surface area contributed by atoms with Crippen molar-refractivity contribution in [3.63, 3.8) is 0 Å². The number of hydrogen-bond donors (Lipinski definition) is 2. The van der Waals surface area contributed by atoms with E-state index in [1.165, 1.54) is 0 Å². The van der Waals surface area contributed by atoms with E-state index in [2.05, 4.69) is 4.72 Å². The van der Waals surface area contributed by atoms with Crippen LogP contribution in [0.3, 0.4) is 0 Å². The van der Waals surface area contributed by atoms with E-state index in [9.17, 15) is 8.42 Å². The molecule has 0 aliphatic heterocycles. The molecule has 0 saturated heterocycles. The highest BCUT2D eigenvalue weighted by Gasteiger charge is 2.23. The van der Waals surface area contributed by atoms with Gasteiger partial charge in [-0.15, -0.1) is 0 Å². The third-order valence-electron chi connectivity index (χ3n) is 3.28. The maximum absolute atomic E-state index is 12.4. The maximum Gasteiger partial charge on any atom is 0.240 e. The van der Waals surface area contributed by atoms with E-state index in [0.717, 1.165) is 11.1 Å². The summed E-state index contributed by atoms with van der Waals surface area (Å²) in [6, 6.07) is 5.32. The summed E-state index contributed by atoms with van der Waals surface area (Å²) >= 11 is 0. The second-order valence-electron chi connectivity index (χ2n) is 5.29. The van der Waals surface area contributed by atoms with Crippen LogP contribution in [0, 0.1) is 0 Å². The molecule has 6 heteroatoms. The number of benzene rings is 1. The third kappa shape index (κ3) is 4.28. The Hall–Kier alpha value is -0.950. The number of hydrogen-bond acceptors (Lipinski definition) is 4. The molecule has 0 amide bonds. The fourth-order valence-corrected chi connectivity index (χ4v) is 3.24. The van der Waals surface area contributed by atoms with Gasteiger partial charge in [-0.2, -0.15) is 0 Å². The first kappa shape index (κ1) is 17.1. The average molecular weight is 300 g/mol. The summed E-state index contributed by atoms with van der Waals surface area (Å²) in [7, 11) is -2.01. The Balaban J connectivity index is 3.08. The first-order chi connectivity index (χ1) is 9.25. The number of sulfonamides is 1. The van der Waals surface area contributed by atoms with Crippen LogP contribution < -0.4 is 10.5 Å². The quantitative estimate of drug-likeness (QED) is 0.798. The molecular formula is C14H24N2O3S. The normalized spacial score (nSPS) is 12.7. The Labute approximate surface area is 121 Å². The van der Waals surface area contributed by atoms with Crippen LogP contribution in [0.5, 0.6) is 0 Å². The molecule has 0 fully saturated rings. The molecule has 3 N–H and O–H groups in total. The van der Waals surface area contributed by atoms with E-state index >= 15 is 0 Å². The zero-order valence-electron chi connectivity index (χ0n) is 12.6. The Morgan fingerprint density at radius 1 is 1.35 bits per heavy atom. The van der Waals surface area contributed by atoms with Gasteiger partial charge in [0.15, 0.2) is 0 Å². The number of nitrogens with two attached hydrogens (primary N) is 1. The monoisotopic (exact) mass is 300 g/mol. The smallest absolute Gasteiger partial charge is 0.240 e. The highest BCUT2D eigenvalue weighted by molar-refractivity contribution is 7.89. The van der Waals surface area contributed by atoms with Crippen molar-refractivity contribution < 1.29 is 13.2 Å². The van der Waals surface area contributed by atoms with Crippen molar-refractivity contribution in [1.82, 2.24) is 4.72 Å². The molecule has 1 aromatic carbocycles.